The second kappa shape index (κ2) is 6.88. The average Bonchev–Trinajstić information content (AvgIpc) is 2.57. The highest BCUT2D eigenvalue weighted by Crippen LogP contribution is 2.27. The fourth-order valence-corrected chi connectivity index (χ4v) is 2.56. The second-order valence-corrected chi connectivity index (χ2v) is 5.71. The number of carbonyl (C=O) groups is 2. The monoisotopic (exact) mass is 348 g/mol. The SMILES string of the molecule is O=C1CCc2cc(OCC(=O)Nc3cccc(Cl)c3F)ccc2N1. The summed E-state index contributed by atoms with van der Waals surface area (Å²) in [5.74, 6) is -0.690. The number of hydrogen-bond donors (Lipinski definition) is 2. The topological polar surface area (TPSA) is 67.4 Å². The lowest BCUT2D eigenvalue weighted by atomic mass is 10.0. The molecule has 0 unspecified atom stereocenters. The molecule has 1 heterocycles. The number of nitrogens with one attached hydrogen (secondary N) is 2. The molecule has 3 rings (SSSR count). The number of halogens is 2. The molecule has 2 aromatic carbocycles. The number of anilines is 2. The number of aryl methyl sites for hydroxylation is 1. The third-order valence-corrected chi connectivity index (χ3v) is 3.86. The molecule has 0 atom stereocenters. The van der Waals surface area contributed by atoms with E-state index in [0.717, 1.165) is 11.3 Å². The van der Waals surface area contributed by atoms with Crippen molar-refractivity contribution in [3.8, 4) is 5.75 Å². The molecule has 0 saturated heterocycles. The van der Waals surface area contributed by atoms with Crippen LogP contribution in [0.25, 0.3) is 0 Å². The van der Waals surface area contributed by atoms with Crippen LogP contribution in [0.4, 0.5) is 15.8 Å². The molecule has 2 amide bonds. The van der Waals surface area contributed by atoms with Gasteiger partial charge in [-0.05, 0) is 42.3 Å². The molecule has 0 bridgehead atoms. The highest BCUT2D eigenvalue weighted by Gasteiger charge is 2.15. The molecule has 1 aliphatic heterocycles. The fraction of sp³-hybridized carbons (Fsp3) is 0.176. The van der Waals surface area contributed by atoms with E-state index in [1.807, 2.05) is 0 Å². The molecule has 2 N–H and O–H groups in total. The smallest absolute Gasteiger partial charge is 0.262 e. The van der Waals surface area contributed by atoms with Crippen LogP contribution in [-0.4, -0.2) is 18.4 Å². The Hall–Kier alpha value is -2.60. The maximum atomic E-state index is 13.7. The first-order chi connectivity index (χ1) is 11.5. The van der Waals surface area contributed by atoms with Gasteiger partial charge in [-0.2, -0.15) is 0 Å². The Labute approximate surface area is 142 Å². The molecule has 7 heteroatoms. The molecule has 124 valence electrons. The average molecular weight is 349 g/mol. The van der Waals surface area contributed by atoms with Crippen molar-refractivity contribution in [1.29, 1.82) is 0 Å². The van der Waals surface area contributed by atoms with Gasteiger partial charge in [-0.15, -0.1) is 0 Å². The largest absolute Gasteiger partial charge is 0.484 e. The van der Waals surface area contributed by atoms with Crippen molar-refractivity contribution >= 4 is 34.8 Å². The van der Waals surface area contributed by atoms with E-state index in [0.29, 0.717) is 18.6 Å². The van der Waals surface area contributed by atoms with Crippen LogP contribution < -0.4 is 15.4 Å². The Morgan fingerprint density at radius 1 is 1.29 bits per heavy atom. The van der Waals surface area contributed by atoms with Gasteiger partial charge in [0.05, 0.1) is 10.7 Å². The fourth-order valence-electron chi connectivity index (χ4n) is 2.39. The third kappa shape index (κ3) is 3.65. The van der Waals surface area contributed by atoms with Crippen molar-refractivity contribution in [3.63, 3.8) is 0 Å². The molecule has 0 radical (unpaired) electrons. The number of ether oxygens (including phenoxy) is 1. The van der Waals surface area contributed by atoms with Crippen LogP contribution >= 0.6 is 11.6 Å². The van der Waals surface area contributed by atoms with E-state index in [1.54, 1.807) is 24.3 Å². The summed E-state index contributed by atoms with van der Waals surface area (Å²) >= 11 is 5.66. The van der Waals surface area contributed by atoms with Crippen LogP contribution in [0.5, 0.6) is 5.75 Å². The van der Waals surface area contributed by atoms with Gasteiger partial charge < -0.3 is 15.4 Å². The lowest BCUT2D eigenvalue weighted by molar-refractivity contribution is -0.118. The van der Waals surface area contributed by atoms with Crippen LogP contribution in [0, 0.1) is 5.82 Å². The predicted octanol–water partition coefficient (Wildman–Crippen LogP) is 3.38. The van der Waals surface area contributed by atoms with Crippen molar-refractivity contribution in [2.45, 2.75) is 12.8 Å². The summed E-state index contributed by atoms with van der Waals surface area (Å²) in [5.41, 5.74) is 1.71. The van der Waals surface area contributed by atoms with Crippen molar-refractivity contribution in [3.05, 3.63) is 52.8 Å². The molecule has 0 fully saturated rings. The van der Waals surface area contributed by atoms with Gasteiger partial charge in [0.15, 0.2) is 12.4 Å². The molecule has 1 aliphatic rings. The molecule has 0 saturated carbocycles. The van der Waals surface area contributed by atoms with Gasteiger partial charge in [0.2, 0.25) is 5.91 Å². The molecule has 0 aliphatic carbocycles. The quantitative estimate of drug-likeness (QED) is 0.890. The van der Waals surface area contributed by atoms with Gasteiger partial charge in [0, 0.05) is 12.1 Å². The number of carbonyl (C=O) groups excluding carboxylic acids is 2. The van der Waals surface area contributed by atoms with E-state index < -0.39 is 11.7 Å². The van der Waals surface area contributed by atoms with Crippen molar-refractivity contribution < 1.29 is 18.7 Å². The van der Waals surface area contributed by atoms with Gasteiger partial charge in [-0.25, -0.2) is 4.39 Å². The lowest BCUT2D eigenvalue weighted by Gasteiger charge is -2.17. The summed E-state index contributed by atoms with van der Waals surface area (Å²) in [4.78, 5) is 23.2. The maximum absolute atomic E-state index is 13.7. The Morgan fingerprint density at radius 3 is 2.96 bits per heavy atom. The Morgan fingerprint density at radius 2 is 2.12 bits per heavy atom. The van der Waals surface area contributed by atoms with Gasteiger partial charge in [0.1, 0.15) is 5.75 Å². The number of amides is 2. The molecule has 0 spiro atoms. The predicted molar refractivity (Wildman–Crippen MR) is 88.9 cm³/mol. The first kappa shape index (κ1) is 16.3. The van der Waals surface area contributed by atoms with Gasteiger partial charge >= 0.3 is 0 Å². The highest BCUT2D eigenvalue weighted by atomic mass is 35.5. The zero-order valence-electron chi connectivity index (χ0n) is 12.6. The van der Waals surface area contributed by atoms with Gasteiger partial charge in [0.25, 0.3) is 5.91 Å². The Kier molecular flexibility index (Phi) is 4.66. The summed E-state index contributed by atoms with van der Waals surface area (Å²) in [6.45, 7) is -0.267. The van der Waals surface area contributed by atoms with E-state index in [1.165, 1.54) is 12.1 Å². The normalized spacial score (nSPS) is 13.0. The minimum Gasteiger partial charge on any atom is -0.484 e. The van der Waals surface area contributed by atoms with Gasteiger partial charge in [-0.1, -0.05) is 17.7 Å². The minimum atomic E-state index is -0.683. The molecular weight excluding hydrogens is 335 g/mol. The minimum absolute atomic E-state index is 0.00394. The molecular formula is C17H14ClFN2O3. The Bertz CT molecular complexity index is 810. The summed E-state index contributed by atoms with van der Waals surface area (Å²) in [6, 6.07) is 9.53. The third-order valence-electron chi connectivity index (χ3n) is 3.57. The molecule has 5 nitrogen and oxygen atoms in total. The van der Waals surface area contributed by atoms with Crippen molar-refractivity contribution in [2.75, 3.05) is 17.2 Å². The lowest BCUT2D eigenvalue weighted by Crippen LogP contribution is -2.21. The van der Waals surface area contributed by atoms with E-state index in [9.17, 15) is 14.0 Å². The zero-order valence-corrected chi connectivity index (χ0v) is 13.3. The van der Waals surface area contributed by atoms with Crippen LogP contribution in [0.3, 0.4) is 0 Å². The van der Waals surface area contributed by atoms with Crippen LogP contribution in [0.15, 0.2) is 36.4 Å². The van der Waals surface area contributed by atoms with E-state index in [4.69, 9.17) is 16.3 Å². The first-order valence-electron chi connectivity index (χ1n) is 7.32. The van der Waals surface area contributed by atoms with E-state index in [-0.39, 0.29) is 23.2 Å². The number of hydrogen-bond acceptors (Lipinski definition) is 3. The molecule has 2 aromatic rings. The van der Waals surface area contributed by atoms with Crippen molar-refractivity contribution in [1.82, 2.24) is 0 Å². The first-order valence-corrected chi connectivity index (χ1v) is 7.70. The summed E-state index contributed by atoms with van der Waals surface area (Å²) in [5, 5.41) is 5.11. The molecule has 0 aromatic heterocycles. The summed E-state index contributed by atoms with van der Waals surface area (Å²) < 4.78 is 19.1. The highest BCUT2D eigenvalue weighted by molar-refractivity contribution is 6.31. The van der Waals surface area contributed by atoms with E-state index in [2.05, 4.69) is 10.6 Å². The van der Waals surface area contributed by atoms with Crippen LogP contribution in [0.2, 0.25) is 5.02 Å². The second-order valence-electron chi connectivity index (χ2n) is 5.31. The number of benzene rings is 2. The van der Waals surface area contributed by atoms with Crippen LogP contribution in [-0.2, 0) is 16.0 Å². The maximum Gasteiger partial charge on any atom is 0.262 e. The Balaban J connectivity index is 1.60. The summed E-state index contributed by atoms with van der Waals surface area (Å²) in [6.07, 6.45) is 1.04. The van der Waals surface area contributed by atoms with Crippen LogP contribution in [0.1, 0.15) is 12.0 Å². The molecule has 24 heavy (non-hydrogen) atoms. The van der Waals surface area contributed by atoms with Gasteiger partial charge in [-0.3, -0.25) is 9.59 Å². The van der Waals surface area contributed by atoms with Crippen molar-refractivity contribution in [2.24, 2.45) is 0 Å². The number of fused-ring (bicyclic) bond motifs is 1. The zero-order chi connectivity index (χ0) is 17.1. The van der Waals surface area contributed by atoms with E-state index >= 15 is 0 Å². The summed E-state index contributed by atoms with van der Waals surface area (Å²) in [7, 11) is 0. The standard InChI is InChI=1S/C17H14ClFN2O3/c18-12-2-1-3-14(17(12)19)21-16(23)9-24-11-5-6-13-10(8-11)4-7-15(22)20-13/h1-3,5-6,8H,4,7,9H2,(H,20,22)(H,21,23). The number of rotatable bonds is 4.